The van der Waals surface area contributed by atoms with Crippen molar-refractivity contribution in [2.24, 2.45) is 0 Å². The molecule has 0 spiro atoms. The van der Waals surface area contributed by atoms with Crippen LogP contribution in [0, 0.1) is 0 Å². The van der Waals surface area contributed by atoms with Crippen molar-refractivity contribution >= 4 is 10.8 Å². The summed E-state index contributed by atoms with van der Waals surface area (Å²) in [5, 5.41) is 0. The van der Waals surface area contributed by atoms with Gasteiger partial charge < -0.3 is 14.2 Å². The Morgan fingerprint density at radius 1 is 0.905 bits per heavy atom. The highest BCUT2D eigenvalue weighted by molar-refractivity contribution is 7.84. The Morgan fingerprint density at radius 3 is 1.95 bits per heavy atom. The maximum atomic E-state index is 12.5. The zero-order chi connectivity index (χ0) is 15.2. The van der Waals surface area contributed by atoms with Crippen LogP contribution in [0.25, 0.3) is 0 Å². The first-order valence-electron chi connectivity index (χ1n) is 6.42. The van der Waals surface area contributed by atoms with Crippen LogP contribution in [0.1, 0.15) is 5.56 Å². The smallest absolute Gasteiger partial charge is 0.130 e. The first kappa shape index (κ1) is 15.4. The topological polar surface area (TPSA) is 44.8 Å². The normalized spacial score (nSPS) is 11.8. The maximum absolute atomic E-state index is 12.5. The van der Waals surface area contributed by atoms with Crippen LogP contribution in [0.2, 0.25) is 0 Å². The van der Waals surface area contributed by atoms with E-state index in [2.05, 4.69) is 0 Å². The molecule has 0 saturated heterocycles. The Morgan fingerprint density at radius 2 is 1.48 bits per heavy atom. The van der Waals surface area contributed by atoms with E-state index >= 15 is 0 Å². The fraction of sp³-hybridized carbons (Fsp3) is 0.250. The van der Waals surface area contributed by atoms with Crippen LogP contribution in [0.4, 0.5) is 0 Å². The fourth-order valence-corrected chi connectivity index (χ4v) is 3.18. The van der Waals surface area contributed by atoms with Gasteiger partial charge in [0.25, 0.3) is 0 Å². The molecule has 0 aliphatic rings. The predicted octanol–water partition coefficient (Wildman–Crippen LogP) is 3.02. The highest BCUT2D eigenvalue weighted by Gasteiger charge is 2.16. The molecule has 0 saturated carbocycles. The molecule has 0 radical (unpaired) electrons. The predicted molar refractivity (Wildman–Crippen MR) is 82.7 cm³/mol. The lowest BCUT2D eigenvalue weighted by Crippen LogP contribution is -2.02. The van der Waals surface area contributed by atoms with Crippen molar-refractivity contribution in [1.82, 2.24) is 0 Å². The Kier molecular flexibility index (Phi) is 5.22. The number of methoxy groups -OCH3 is 3. The van der Waals surface area contributed by atoms with Crippen molar-refractivity contribution < 1.29 is 18.4 Å². The summed E-state index contributed by atoms with van der Waals surface area (Å²) in [5.74, 6) is 2.17. The molecule has 0 N–H and O–H groups in total. The zero-order valence-corrected chi connectivity index (χ0v) is 13.1. The highest BCUT2D eigenvalue weighted by atomic mass is 32.2. The van der Waals surface area contributed by atoms with Gasteiger partial charge in [0.1, 0.15) is 17.2 Å². The molecule has 2 aromatic rings. The summed E-state index contributed by atoms with van der Waals surface area (Å²) in [4.78, 5) is 0.775. The van der Waals surface area contributed by atoms with Crippen LogP contribution in [0.3, 0.4) is 0 Å². The van der Waals surface area contributed by atoms with Gasteiger partial charge in [-0.1, -0.05) is 18.2 Å². The minimum atomic E-state index is -1.17. The standard InChI is InChI=1S/C16H18O4S/c1-18-12-9-15(19-2)14(16(10-12)20-3)11-21(17)13-7-5-4-6-8-13/h4-10H,11H2,1-3H3. The summed E-state index contributed by atoms with van der Waals surface area (Å²) in [5.41, 5.74) is 0.767. The summed E-state index contributed by atoms with van der Waals surface area (Å²) in [6.45, 7) is 0. The second-order valence-electron chi connectivity index (χ2n) is 4.31. The average Bonchev–Trinajstić information content (AvgIpc) is 2.55. The third-order valence-corrected chi connectivity index (χ3v) is 4.45. The van der Waals surface area contributed by atoms with Gasteiger partial charge in [-0.2, -0.15) is 0 Å². The van der Waals surface area contributed by atoms with Crippen LogP contribution in [0.15, 0.2) is 47.4 Å². The molecule has 0 aliphatic heterocycles. The number of benzene rings is 2. The third-order valence-electron chi connectivity index (χ3n) is 3.10. The lowest BCUT2D eigenvalue weighted by Gasteiger charge is -2.14. The third kappa shape index (κ3) is 3.55. The van der Waals surface area contributed by atoms with Crippen molar-refractivity contribution in [3.8, 4) is 17.2 Å². The van der Waals surface area contributed by atoms with Crippen LogP contribution < -0.4 is 14.2 Å². The molecule has 0 amide bonds. The Bertz CT molecular complexity index is 600. The summed E-state index contributed by atoms with van der Waals surface area (Å²) in [6.07, 6.45) is 0. The Labute approximate surface area is 127 Å². The molecule has 1 atom stereocenters. The summed E-state index contributed by atoms with van der Waals surface area (Å²) >= 11 is 0. The van der Waals surface area contributed by atoms with E-state index in [1.165, 1.54) is 0 Å². The molecule has 0 bridgehead atoms. The second-order valence-corrected chi connectivity index (χ2v) is 5.76. The summed E-state index contributed by atoms with van der Waals surface area (Å²) in [6, 6.07) is 12.9. The van der Waals surface area contributed by atoms with Gasteiger partial charge in [0, 0.05) is 22.6 Å². The van der Waals surface area contributed by atoms with E-state index < -0.39 is 10.8 Å². The van der Waals surface area contributed by atoms with Crippen LogP contribution in [-0.4, -0.2) is 25.5 Å². The molecule has 2 rings (SSSR count). The molecule has 5 heteroatoms. The molecule has 1 unspecified atom stereocenters. The van der Waals surface area contributed by atoms with Crippen molar-refractivity contribution in [3.63, 3.8) is 0 Å². The van der Waals surface area contributed by atoms with Crippen molar-refractivity contribution in [3.05, 3.63) is 48.0 Å². The number of ether oxygens (including phenoxy) is 3. The average molecular weight is 306 g/mol. The molecule has 2 aromatic carbocycles. The van der Waals surface area contributed by atoms with Gasteiger partial charge in [0.05, 0.1) is 37.9 Å². The second kappa shape index (κ2) is 7.13. The van der Waals surface area contributed by atoms with Gasteiger partial charge in [0.2, 0.25) is 0 Å². The zero-order valence-electron chi connectivity index (χ0n) is 12.3. The Balaban J connectivity index is 2.36. The van der Waals surface area contributed by atoms with Crippen LogP contribution in [-0.2, 0) is 16.6 Å². The minimum Gasteiger partial charge on any atom is -0.496 e. The maximum Gasteiger partial charge on any atom is 0.130 e. The summed E-state index contributed by atoms with van der Waals surface area (Å²) in [7, 11) is 3.56. The SMILES string of the molecule is COc1cc(OC)c(CS(=O)c2ccccc2)c(OC)c1. The molecule has 0 aliphatic carbocycles. The van der Waals surface area contributed by atoms with Crippen LogP contribution in [0.5, 0.6) is 17.2 Å². The van der Waals surface area contributed by atoms with Gasteiger partial charge in [0.15, 0.2) is 0 Å². The summed E-state index contributed by atoms with van der Waals surface area (Å²) < 4.78 is 28.4. The molecular weight excluding hydrogens is 288 g/mol. The van der Waals surface area contributed by atoms with Crippen LogP contribution >= 0.6 is 0 Å². The number of rotatable bonds is 6. The molecule has 0 heterocycles. The van der Waals surface area contributed by atoms with E-state index in [9.17, 15) is 4.21 Å². The minimum absolute atomic E-state index is 0.320. The van der Waals surface area contributed by atoms with Crippen molar-refractivity contribution in [2.75, 3.05) is 21.3 Å². The monoisotopic (exact) mass is 306 g/mol. The lowest BCUT2D eigenvalue weighted by molar-refractivity contribution is 0.370. The van der Waals surface area contributed by atoms with Gasteiger partial charge in [-0.15, -0.1) is 0 Å². The molecule has 0 fully saturated rings. The molecule has 0 aromatic heterocycles. The number of hydrogen-bond acceptors (Lipinski definition) is 4. The number of hydrogen-bond donors (Lipinski definition) is 0. The fourth-order valence-electron chi connectivity index (χ4n) is 2.01. The van der Waals surface area contributed by atoms with Gasteiger partial charge in [-0.25, -0.2) is 0 Å². The molecular formula is C16H18O4S. The van der Waals surface area contributed by atoms with E-state index in [4.69, 9.17) is 14.2 Å². The molecule has 21 heavy (non-hydrogen) atoms. The van der Waals surface area contributed by atoms with E-state index in [0.29, 0.717) is 23.0 Å². The van der Waals surface area contributed by atoms with Crippen molar-refractivity contribution in [1.29, 1.82) is 0 Å². The Hall–Kier alpha value is -2.01. The highest BCUT2D eigenvalue weighted by Crippen LogP contribution is 2.35. The molecule has 4 nitrogen and oxygen atoms in total. The largest absolute Gasteiger partial charge is 0.496 e. The molecule has 112 valence electrons. The quantitative estimate of drug-likeness (QED) is 0.823. The van der Waals surface area contributed by atoms with E-state index in [-0.39, 0.29) is 0 Å². The van der Waals surface area contributed by atoms with E-state index in [0.717, 1.165) is 10.5 Å². The van der Waals surface area contributed by atoms with E-state index in [1.807, 2.05) is 30.3 Å². The first-order chi connectivity index (χ1) is 10.2. The van der Waals surface area contributed by atoms with E-state index in [1.54, 1.807) is 33.5 Å². The van der Waals surface area contributed by atoms with Gasteiger partial charge >= 0.3 is 0 Å². The van der Waals surface area contributed by atoms with Crippen molar-refractivity contribution in [2.45, 2.75) is 10.6 Å². The van der Waals surface area contributed by atoms with Gasteiger partial charge in [-0.3, -0.25) is 4.21 Å². The first-order valence-corrected chi connectivity index (χ1v) is 7.73. The van der Waals surface area contributed by atoms with Gasteiger partial charge in [-0.05, 0) is 12.1 Å². The lowest BCUT2D eigenvalue weighted by atomic mass is 10.2.